The third-order valence-corrected chi connectivity index (χ3v) is 6.40. The van der Waals surface area contributed by atoms with E-state index in [-0.39, 0.29) is 0 Å². The van der Waals surface area contributed by atoms with E-state index < -0.39 is 6.10 Å². The van der Waals surface area contributed by atoms with Gasteiger partial charge in [0.2, 0.25) is 0 Å². The molecule has 6 heteroatoms. The second-order valence-electron chi connectivity index (χ2n) is 7.14. The predicted molar refractivity (Wildman–Crippen MR) is 111 cm³/mol. The summed E-state index contributed by atoms with van der Waals surface area (Å²) in [6, 6.07) is 8.61. The van der Waals surface area contributed by atoms with Crippen molar-refractivity contribution in [3.63, 3.8) is 0 Å². The van der Waals surface area contributed by atoms with Gasteiger partial charge in [-0.2, -0.15) is 11.8 Å². The molecular formula is C20H32N4OS. The topological polar surface area (TPSA) is 59.9 Å². The summed E-state index contributed by atoms with van der Waals surface area (Å²) in [6.07, 6.45) is 3.24. The Kier molecular flexibility index (Phi) is 7.65. The quantitative estimate of drug-likeness (QED) is 0.501. The molecule has 0 aliphatic carbocycles. The average molecular weight is 377 g/mol. The average Bonchev–Trinajstić information content (AvgIpc) is 3.17. The predicted octanol–water partition coefficient (Wildman–Crippen LogP) is 1.86. The number of hydrogen-bond acceptors (Lipinski definition) is 4. The number of β-amino-alcohol motifs (C(OH)–C–C–N with tert-alkyl or cyclic N) is 1. The van der Waals surface area contributed by atoms with Gasteiger partial charge in [-0.1, -0.05) is 24.3 Å². The van der Waals surface area contributed by atoms with Crippen molar-refractivity contribution in [1.82, 2.24) is 15.5 Å². The number of hydrogen-bond donors (Lipinski definition) is 3. The molecule has 0 radical (unpaired) electrons. The first-order valence-electron chi connectivity index (χ1n) is 9.85. The number of aliphatic hydroxyl groups excluding tert-OH is 1. The summed E-state index contributed by atoms with van der Waals surface area (Å²) >= 11 is 2.04. The smallest absolute Gasteiger partial charge is 0.191 e. The van der Waals surface area contributed by atoms with Crippen molar-refractivity contribution in [2.75, 3.05) is 38.5 Å². The number of thioether (sulfide) groups is 1. The number of nitrogens with zero attached hydrogens (tertiary/aromatic N) is 2. The molecule has 26 heavy (non-hydrogen) atoms. The van der Waals surface area contributed by atoms with Crippen LogP contribution in [0.3, 0.4) is 0 Å². The SMILES string of the molecule is CCNC(=NCC(O)CN1CCc2ccccc2C1)NCC1CCCS1. The van der Waals surface area contributed by atoms with E-state index in [1.165, 1.54) is 29.7 Å². The lowest BCUT2D eigenvalue weighted by molar-refractivity contribution is 0.111. The highest BCUT2D eigenvalue weighted by atomic mass is 32.2. The maximum absolute atomic E-state index is 10.4. The molecular weight excluding hydrogens is 344 g/mol. The Morgan fingerprint density at radius 2 is 2.19 bits per heavy atom. The van der Waals surface area contributed by atoms with Crippen LogP contribution in [0, 0.1) is 0 Å². The van der Waals surface area contributed by atoms with E-state index in [1.54, 1.807) is 0 Å². The van der Waals surface area contributed by atoms with Gasteiger partial charge in [-0.3, -0.25) is 9.89 Å². The zero-order valence-electron chi connectivity index (χ0n) is 15.8. The van der Waals surface area contributed by atoms with E-state index in [1.807, 2.05) is 11.8 Å². The van der Waals surface area contributed by atoms with Crippen LogP contribution >= 0.6 is 11.8 Å². The minimum Gasteiger partial charge on any atom is -0.390 e. The van der Waals surface area contributed by atoms with Crippen LogP contribution in [0.1, 0.15) is 30.9 Å². The Bertz CT molecular complexity index is 589. The van der Waals surface area contributed by atoms with E-state index in [4.69, 9.17) is 0 Å². The van der Waals surface area contributed by atoms with Crippen LogP contribution in [0.5, 0.6) is 0 Å². The molecule has 3 rings (SSSR count). The molecule has 1 aromatic carbocycles. The van der Waals surface area contributed by atoms with Gasteiger partial charge in [-0.25, -0.2) is 0 Å². The first-order valence-corrected chi connectivity index (χ1v) is 10.9. The summed E-state index contributed by atoms with van der Waals surface area (Å²) in [6.45, 7) is 6.91. The van der Waals surface area contributed by atoms with Gasteiger partial charge in [0.25, 0.3) is 0 Å². The summed E-state index contributed by atoms with van der Waals surface area (Å²) in [5.74, 6) is 2.10. The first kappa shape index (κ1) is 19.5. The maximum atomic E-state index is 10.4. The Labute approximate surface area is 161 Å². The van der Waals surface area contributed by atoms with Gasteiger partial charge < -0.3 is 15.7 Å². The van der Waals surface area contributed by atoms with E-state index in [9.17, 15) is 5.11 Å². The minimum atomic E-state index is -0.434. The molecule has 144 valence electrons. The van der Waals surface area contributed by atoms with Gasteiger partial charge in [0.1, 0.15) is 0 Å². The fourth-order valence-corrected chi connectivity index (χ4v) is 4.82. The normalized spacial score (nSPS) is 22.1. The largest absolute Gasteiger partial charge is 0.390 e. The summed E-state index contributed by atoms with van der Waals surface area (Å²) in [4.78, 5) is 6.92. The van der Waals surface area contributed by atoms with E-state index >= 15 is 0 Å². The summed E-state index contributed by atoms with van der Waals surface area (Å²) in [5, 5.41) is 17.8. The zero-order valence-corrected chi connectivity index (χ0v) is 16.6. The van der Waals surface area contributed by atoms with Gasteiger partial charge in [-0.15, -0.1) is 0 Å². The van der Waals surface area contributed by atoms with E-state index in [0.29, 0.717) is 18.3 Å². The summed E-state index contributed by atoms with van der Waals surface area (Å²) < 4.78 is 0. The Morgan fingerprint density at radius 3 is 2.96 bits per heavy atom. The monoisotopic (exact) mass is 376 g/mol. The molecule has 2 heterocycles. The molecule has 2 aliphatic rings. The molecule has 1 aromatic rings. The maximum Gasteiger partial charge on any atom is 0.191 e. The highest BCUT2D eigenvalue weighted by molar-refractivity contribution is 8.00. The molecule has 0 spiro atoms. The van der Waals surface area contributed by atoms with Gasteiger partial charge in [0.15, 0.2) is 5.96 Å². The summed E-state index contributed by atoms with van der Waals surface area (Å²) in [5.41, 5.74) is 2.83. The highest BCUT2D eigenvalue weighted by Gasteiger charge is 2.19. The lowest BCUT2D eigenvalue weighted by Crippen LogP contribution is -2.42. The number of aliphatic imine (C=N–C) groups is 1. The number of guanidine groups is 1. The van der Waals surface area contributed by atoms with Crippen molar-refractivity contribution in [2.24, 2.45) is 4.99 Å². The van der Waals surface area contributed by atoms with Crippen LogP contribution in [0.15, 0.2) is 29.3 Å². The van der Waals surface area contributed by atoms with Crippen LogP contribution < -0.4 is 10.6 Å². The van der Waals surface area contributed by atoms with Gasteiger partial charge >= 0.3 is 0 Å². The van der Waals surface area contributed by atoms with Crippen molar-refractivity contribution >= 4 is 17.7 Å². The van der Waals surface area contributed by atoms with Crippen LogP contribution in [-0.2, 0) is 13.0 Å². The van der Waals surface area contributed by atoms with Gasteiger partial charge in [0.05, 0.1) is 12.6 Å². The fraction of sp³-hybridized carbons (Fsp3) is 0.650. The highest BCUT2D eigenvalue weighted by Crippen LogP contribution is 2.25. The molecule has 1 saturated heterocycles. The number of benzene rings is 1. The van der Waals surface area contributed by atoms with Crippen LogP contribution in [-0.4, -0.2) is 65.8 Å². The zero-order chi connectivity index (χ0) is 18.2. The second-order valence-corrected chi connectivity index (χ2v) is 8.55. The Balaban J connectivity index is 1.44. The number of rotatable bonds is 7. The third-order valence-electron chi connectivity index (χ3n) is 5.00. The molecule has 2 atom stereocenters. The summed E-state index contributed by atoms with van der Waals surface area (Å²) in [7, 11) is 0. The molecule has 1 fully saturated rings. The van der Waals surface area contributed by atoms with E-state index in [0.717, 1.165) is 38.6 Å². The molecule has 2 unspecified atom stereocenters. The van der Waals surface area contributed by atoms with Gasteiger partial charge in [-0.05, 0) is 43.1 Å². The van der Waals surface area contributed by atoms with Crippen LogP contribution in [0.4, 0.5) is 0 Å². The van der Waals surface area contributed by atoms with Gasteiger partial charge in [0, 0.05) is 38.0 Å². The lowest BCUT2D eigenvalue weighted by Gasteiger charge is -2.30. The van der Waals surface area contributed by atoms with Crippen LogP contribution in [0.25, 0.3) is 0 Å². The van der Waals surface area contributed by atoms with Crippen molar-refractivity contribution in [2.45, 2.75) is 44.1 Å². The Hall–Kier alpha value is -1.24. The second kappa shape index (κ2) is 10.2. The minimum absolute atomic E-state index is 0.434. The van der Waals surface area contributed by atoms with Crippen molar-refractivity contribution in [3.8, 4) is 0 Å². The molecule has 0 saturated carbocycles. The van der Waals surface area contributed by atoms with E-state index in [2.05, 4.69) is 51.7 Å². The van der Waals surface area contributed by atoms with Crippen molar-refractivity contribution in [3.05, 3.63) is 35.4 Å². The third kappa shape index (κ3) is 5.89. The first-order chi connectivity index (χ1) is 12.7. The standard InChI is InChI=1S/C20H32N4OS/c1-2-21-20(23-13-19-8-5-11-26-19)22-12-18(25)15-24-10-9-16-6-3-4-7-17(16)14-24/h3-4,6-7,18-19,25H,2,5,8-15H2,1H3,(H2,21,22,23). The molecule has 0 amide bonds. The lowest BCUT2D eigenvalue weighted by atomic mass is 10.00. The van der Waals surface area contributed by atoms with Crippen molar-refractivity contribution < 1.29 is 5.11 Å². The molecule has 5 nitrogen and oxygen atoms in total. The number of nitrogens with one attached hydrogen (secondary N) is 2. The fourth-order valence-electron chi connectivity index (χ4n) is 3.62. The Morgan fingerprint density at radius 1 is 1.35 bits per heavy atom. The molecule has 0 bridgehead atoms. The molecule has 3 N–H and O–H groups in total. The van der Waals surface area contributed by atoms with Crippen LogP contribution in [0.2, 0.25) is 0 Å². The number of fused-ring (bicyclic) bond motifs is 1. The van der Waals surface area contributed by atoms with Crippen molar-refractivity contribution in [1.29, 1.82) is 0 Å². The molecule has 0 aromatic heterocycles. The molecule has 2 aliphatic heterocycles. The number of aliphatic hydroxyl groups is 1.